The molecular formula is C10H12FNO2S. The molecule has 1 aromatic carbocycles. The van der Waals surface area contributed by atoms with Crippen molar-refractivity contribution in [2.24, 2.45) is 5.73 Å². The van der Waals surface area contributed by atoms with Crippen LogP contribution in [0.15, 0.2) is 29.2 Å². The average Bonchev–Trinajstić information content (AvgIpc) is 2.99. The lowest BCUT2D eigenvalue weighted by atomic mass is 10.3. The molecule has 15 heavy (non-hydrogen) atoms. The van der Waals surface area contributed by atoms with Gasteiger partial charge in [-0.25, -0.2) is 12.8 Å². The van der Waals surface area contributed by atoms with Crippen LogP contribution in [0, 0.1) is 5.82 Å². The highest BCUT2D eigenvalue weighted by Crippen LogP contribution is 2.45. The first kappa shape index (κ1) is 10.6. The normalized spacial score (nSPS) is 18.8. The Morgan fingerprint density at radius 1 is 1.27 bits per heavy atom. The van der Waals surface area contributed by atoms with Crippen molar-refractivity contribution < 1.29 is 12.8 Å². The molecule has 0 heterocycles. The summed E-state index contributed by atoms with van der Waals surface area (Å²) in [6.45, 7) is 0.132. The van der Waals surface area contributed by atoms with Crippen molar-refractivity contribution in [2.45, 2.75) is 22.5 Å². The fraction of sp³-hybridized carbons (Fsp3) is 0.400. The van der Waals surface area contributed by atoms with Gasteiger partial charge in [-0.3, -0.25) is 0 Å². The number of benzene rings is 1. The minimum Gasteiger partial charge on any atom is -0.329 e. The van der Waals surface area contributed by atoms with E-state index in [9.17, 15) is 12.8 Å². The molecule has 2 rings (SSSR count). The Balaban J connectivity index is 2.43. The summed E-state index contributed by atoms with van der Waals surface area (Å²) >= 11 is 0. The minimum absolute atomic E-state index is 0.132. The van der Waals surface area contributed by atoms with Gasteiger partial charge in [0.2, 0.25) is 0 Å². The molecule has 0 amide bonds. The Hall–Kier alpha value is -0.940. The zero-order valence-corrected chi connectivity index (χ0v) is 8.93. The number of hydrogen-bond acceptors (Lipinski definition) is 3. The van der Waals surface area contributed by atoms with Gasteiger partial charge in [-0.15, -0.1) is 0 Å². The summed E-state index contributed by atoms with van der Waals surface area (Å²) in [7, 11) is -3.39. The number of hydrogen-bond donors (Lipinski definition) is 1. The molecule has 0 atom stereocenters. The van der Waals surface area contributed by atoms with E-state index >= 15 is 0 Å². The van der Waals surface area contributed by atoms with Crippen molar-refractivity contribution in [3.8, 4) is 0 Å². The lowest BCUT2D eigenvalue weighted by Gasteiger charge is -2.13. The van der Waals surface area contributed by atoms with Crippen molar-refractivity contribution in [1.29, 1.82) is 0 Å². The maximum atomic E-state index is 12.6. The Kier molecular flexibility index (Phi) is 2.31. The van der Waals surface area contributed by atoms with Gasteiger partial charge in [0.15, 0.2) is 9.84 Å². The van der Waals surface area contributed by atoms with Crippen LogP contribution in [-0.4, -0.2) is 19.7 Å². The molecule has 1 aliphatic carbocycles. The molecule has 0 aliphatic heterocycles. The summed E-state index contributed by atoms with van der Waals surface area (Å²) in [5, 5.41) is 0. The van der Waals surface area contributed by atoms with Crippen LogP contribution in [0.4, 0.5) is 4.39 Å². The maximum absolute atomic E-state index is 12.6. The van der Waals surface area contributed by atoms with Crippen molar-refractivity contribution >= 4 is 9.84 Å². The van der Waals surface area contributed by atoms with Gasteiger partial charge in [0.25, 0.3) is 0 Å². The molecule has 82 valence electrons. The largest absolute Gasteiger partial charge is 0.329 e. The smallest absolute Gasteiger partial charge is 0.185 e. The molecule has 5 heteroatoms. The number of rotatable bonds is 3. The summed E-state index contributed by atoms with van der Waals surface area (Å²) in [5.41, 5.74) is 5.47. The van der Waals surface area contributed by atoms with Crippen LogP contribution < -0.4 is 5.73 Å². The molecule has 2 N–H and O–H groups in total. The molecule has 0 unspecified atom stereocenters. The third kappa shape index (κ3) is 1.55. The highest BCUT2D eigenvalue weighted by molar-refractivity contribution is 7.93. The lowest BCUT2D eigenvalue weighted by molar-refractivity contribution is 0.576. The number of sulfone groups is 1. The zero-order valence-electron chi connectivity index (χ0n) is 8.11. The Morgan fingerprint density at radius 2 is 1.80 bits per heavy atom. The first-order valence-corrected chi connectivity index (χ1v) is 6.20. The van der Waals surface area contributed by atoms with E-state index in [1.165, 1.54) is 12.1 Å². The average molecular weight is 229 g/mol. The predicted molar refractivity (Wildman–Crippen MR) is 54.6 cm³/mol. The standard InChI is InChI=1S/C10H12FNO2S/c11-8-1-3-9(4-2-8)15(13,14)10(7-12)5-6-10/h1-4H,5-7,12H2. The van der Waals surface area contributed by atoms with Crippen LogP contribution in [0.5, 0.6) is 0 Å². The van der Waals surface area contributed by atoms with E-state index in [1.54, 1.807) is 0 Å². The van der Waals surface area contributed by atoms with Gasteiger partial charge in [-0.2, -0.15) is 0 Å². The topological polar surface area (TPSA) is 60.2 Å². The Labute approximate surface area is 88.0 Å². The molecule has 0 bridgehead atoms. The van der Waals surface area contributed by atoms with Gasteiger partial charge in [-0.1, -0.05) is 0 Å². The quantitative estimate of drug-likeness (QED) is 0.789. The van der Waals surface area contributed by atoms with Gasteiger partial charge < -0.3 is 5.73 Å². The summed E-state index contributed by atoms with van der Waals surface area (Å²) < 4.78 is 36.0. The van der Waals surface area contributed by atoms with Crippen LogP contribution in [0.1, 0.15) is 12.8 Å². The maximum Gasteiger partial charge on any atom is 0.185 e. The Morgan fingerprint density at radius 3 is 2.20 bits per heavy atom. The van der Waals surface area contributed by atoms with Crippen LogP contribution in [0.25, 0.3) is 0 Å². The van der Waals surface area contributed by atoms with Crippen LogP contribution >= 0.6 is 0 Å². The first-order chi connectivity index (χ1) is 7.02. The van der Waals surface area contributed by atoms with Crippen LogP contribution in [0.2, 0.25) is 0 Å². The zero-order chi connectivity index (χ0) is 11.1. The number of halogens is 1. The molecule has 3 nitrogen and oxygen atoms in total. The van der Waals surface area contributed by atoms with Gasteiger partial charge >= 0.3 is 0 Å². The van der Waals surface area contributed by atoms with Crippen molar-refractivity contribution in [1.82, 2.24) is 0 Å². The van der Waals surface area contributed by atoms with Gasteiger partial charge in [0.1, 0.15) is 5.82 Å². The summed E-state index contributed by atoms with van der Waals surface area (Å²) in [6.07, 6.45) is 1.20. The monoisotopic (exact) mass is 229 g/mol. The second-order valence-electron chi connectivity index (χ2n) is 3.84. The third-order valence-electron chi connectivity index (χ3n) is 2.87. The fourth-order valence-electron chi connectivity index (χ4n) is 1.59. The van der Waals surface area contributed by atoms with Gasteiger partial charge in [-0.05, 0) is 37.1 Å². The van der Waals surface area contributed by atoms with Crippen LogP contribution in [-0.2, 0) is 9.84 Å². The fourth-order valence-corrected chi connectivity index (χ4v) is 3.44. The third-order valence-corrected chi connectivity index (χ3v) is 5.48. The molecule has 1 saturated carbocycles. The van der Waals surface area contributed by atoms with Crippen molar-refractivity contribution in [3.63, 3.8) is 0 Å². The van der Waals surface area contributed by atoms with E-state index in [4.69, 9.17) is 5.73 Å². The highest BCUT2D eigenvalue weighted by Gasteiger charge is 2.53. The Bertz CT molecular complexity index is 463. The molecule has 1 aromatic rings. The first-order valence-electron chi connectivity index (χ1n) is 4.72. The van der Waals surface area contributed by atoms with E-state index in [2.05, 4.69) is 0 Å². The van der Waals surface area contributed by atoms with E-state index < -0.39 is 20.4 Å². The molecule has 0 saturated heterocycles. The predicted octanol–water partition coefficient (Wildman–Crippen LogP) is 1.09. The van der Waals surface area contributed by atoms with Crippen molar-refractivity contribution in [2.75, 3.05) is 6.54 Å². The summed E-state index contributed by atoms with van der Waals surface area (Å²) in [4.78, 5) is 0.159. The minimum atomic E-state index is -3.39. The second kappa shape index (κ2) is 3.28. The molecule has 0 spiro atoms. The van der Waals surface area contributed by atoms with E-state index in [-0.39, 0.29) is 11.4 Å². The molecule has 1 aliphatic rings. The van der Waals surface area contributed by atoms with Crippen LogP contribution in [0.3, 0.4) is 0 Å². The second-order valence-corrected chi connectivity index (χ2v) is 6.19. The summed E-state index contributed by atoms with van der Waals surface area (Å²) in [6, 6.07) is 4.89. The lowest BCUT2D eigenvalue weighted by Crippen LogP contribution is -2.31. The van der Waals surface area contributed by atoms with Gasteiger partial charge in [0.05, 0.1) is 9.64 Å². The van der Waals surface area contributed by atoms with Crippen molar-refractivity contribution in [3.05, 3.63) is 30.1 Å². The SMILES string of the molecule is NCC1(S(=O)(=O)c2ccc(F)cc2)CC1. The highest BCUT2D eigenvalue weighted by atomic mass is 32.2. The van der Waals surface area contributed by atoms with Gasteiger partial charge in [0, 0.05) is 6.54 Å². The molecule has 1 fully saturated rings. The molecule has 0 aromatic heterocycles. The molecule has 0 radical (unpaired) electrons. The van der Waals surface area contributed by atoms with E-state index in [1.807, 2.05) is 0 Å². The summed E-state index contributed by atoms with van der Waals surface area (Å²) in [5.74, 6) is -0.438. The van der Waals surface area contributed by atoms with E-state index in [0.717, 1.165) is 12.1 Å². The molecular weight excluding hydrogens is 217 g/mol. The number of nitrogens with two attached hydrogens (primary N) is 1. The van der Waals surface area contributed by atoms with E-state index in [0.29, 0.717) is 12.8 Å².